The lowest BCUT2D eigenvalue weighted by Crippen LogP contribution is -2.08. The molecule has 0 amide bonds. The number of rotatable bonds is 4. The molecule has 1 aliphatic rings. The van der Waals surface area contributed by atoms with Gasteiger partial charge in [-0.2, -0.15) is 0 Å². The van der Waals surface area contributed by atoms with E-state index in [1.165, 1.54) is 18.2 Å². The summed E-state index contributed by atoms with van der Waals surface area (Å²) in [7, 11) is 0. The third-order valence-corrected chi connectivity index (χ3v) is 3.42. The summed E-state index contributed by atoms with van der Waals surface area (Å²) in [5.41, 5.74) is 0.126. The van der Waals surface area contributed by atoms with E-state index < -0.39 is 10.9 Å². The highest BCUT2D eigenvalue weighted by Gasteiger charge is 2.22. The molecule has 8 heteroatoms. The minimum atomic E-state index is -0.822. The lowest BCUT2D eigenvalue weighted by atomic mass is 10.2. The number of halogens is 1. The first-order valence-electron chi connectivity index (χ1n) is 6.54. The molecule has 0 atom stereocenters. The smallest absolute Gasteiger partial charge is 0.345 e. The van der Waals surface area contributed by atoms with Crippen molar-refractivity contribution < 1.29 is 23.9 Å². The molecule has 23 heavy (non-hydrogen) atoms. The molecule has 0 radical (unpaired) electrons. The molecular formula is C15H10ClNO6. The van der Waals surface area contributed by atoms with Gasteiger partial charge in [-0.15, -0.1) is 0 Å². The fourth-order valence-electron chi connectivity index (χ4n) is 2.09. The van der Waals surface area contributed by atoms with Gasteiger partial charge in [-0.3, -0.25) is 10.1 Å². The Kier molecular flexibility index (Phi) is 4.03. The predicted molar refractivity (Wildman–Crippen MR) is 79.8 cm³/mol. The first-order valence-corrected chi connectivity index (χ1v) is 6.92. The number of carbonyl (C=O) groups excluding carboxylic acids is 1. The number of nitro benzene ring substituents is 1. The zero-order valence-electron chi connectivity index (χ0n) is 11.7. The van der Waals surface area contributed by atoms with Crippen molar-refractivity contribution >= 4 is 23.3 Å². The number of esters is 1. The lowest BCUT2D eigenvalue weighted by molar-refractivity contribution is -0.385. The van der Waals surface area contributed by atoms with Gasteiger partial charge in [0.15, 0.2) is 11.5 Å². The quantitative estimate of drug-likeness (QED) is 0.484. The topological polar surface area (TPSA) is 87.9 Å². The third-order valence-electron chi connectivity index (χ3n) is 3.18. The molecule has 0 bridgehead atoms. The summed E-state index contributed by atoms with van der Waals surface area (Å²) >= 11 is 5.79. The zero-order chi connectivity index (χ0) is 16.4. The van der Waals surface area contributed by atoms with Gasteiger partial charge in [-0.1, -0.05) is 17.7 Å². The molecule has 0 unspecified atom stereocenters. The number of nitro groups is 1. The second-order valence-electron chi connectivity index (χ2n) is 4.68. The van der Waals surface area contributed by atoms with Crippen LogP contribution in [0.15, 0.2) is 36.4 Å². The van der Waals surface area contributed by atoms with Gasteiger partial charge in [0, 0.05) is 11.1 Å². The minimum Gasteiger partial charge on any atom is -0.457 e. The monoisotopic (exact) mass is 335 g/mol. The number of ether oxygens (including phenoxy) is 3. The predicted octanol–water partition coefficient (Wildman–Crippen LogP) is 3.33. The number of hydrogen-bond acceptors (Lipinski definition) is 6. The highest BCUT2D eigenvalue weighted by atomic mass is 35.5. The van der Waals surface area contributed by atoms with Crippen molar-refractivity contribution in [1.82, 2.24) is 0 Å². The van der Waals surface area contributed by atoms with Gasteiger partial charge in [-0.05, 0) is 29.8 Å². The van der Waals surface area contributed by atoms with Crippen LogP contribution in [0.2, 0.25) is 5.02 Å². The van der Waals surface area contributed by atoms with Crippen LogP contribution in [0.25, 0.3) is 0 Å². The highest BCUT2D eigenvalue weighted by Crippen LogP contribution is 2.32. The van der Waals surface area contributed by atoms with E-state index in [9.17, 15) is 14.9 Å². The van der Waals surface area contributed by atoms with Gasteiger partial charge in [0.25, 0.3) is 5.69 Å². The normalized spacial score (nSPS) is 12.0. The Balaban J connectivity index is 1.75. The Hall–Kier alpha value is -2.80. The summed E-state index contributed by atoms with van der Waals surface area (Å²) in [6.07, 6.45) is 0. The van der Waals surface area contributed by atoms with E-state index in [-0.39, 0.29) is 29.7 Å². The molecule has 0 spiro atoms. The average Bonchev–Trinajstić information content (AvgIpc) is 2.99. The highest BCUT2D eigenvalue weighted by molar-refractivity contribution is 6.31. The van der Waals surface area contributed by atoms with Crippen LogP contribution in [0.5, 0.6) is 11.5 Å². The zero-order valence-corrected chi connectivity index (χ0v) is 12.4. The van der Waals surface area contributed by atoms with E-state index in [4.69, 9.17) is 25.8 Å². The van der Waals surface area contributed by atoms with E-state index in [0.29, 0.717) is 17.1 Å². The van der Waals surface area contributed by atoms with Crippen LogP contribution in [0.3, 0.4) is 0 Å². The largest absolute Gasteiger partial charge is 0.457 e. The molecule has 0 aliphatic carbocycles. The summed E-state index contributed by atoms with van der Waals surface area (Å²) in [5.74, 6) is 0.356. The molecule has 1 heterocycles. The van der Waals surface area contributed by atoms with Crippen LogP contribution in [-0.4, -0.2) is 17.7 Å². The second kappa shape index (κ2) is 6.13. The standard InChI is InChI=1S/C15H10ClNO6/c16-10-2-3-12(17(19)20)11(6-10)15(18)21-7-9-1-4-13-14(5-9)23-8-22-13/h1-6H,7-8H2. The van der Waals surface area contributed by atoms with Gasteiger partial charge in [-0.25, -0.2) is 4.79 Å². The second-order valence-corrected chi connectivity index (χ2v) is 5.12. The van der Waals surface area contributed by atoms with Gasteiger partial charge >= 0.3 is 5.97 Å². The Morgan fingerprint density at radius 3 is 2.78 bits per heavy atom. The van der Waals surface area contributed by atoms with E-state index in [1.807, 2.05) is 0 Å². The minimum absolute atomic E-state index is 0.0564. The van der Waals surface area contributed by atoms with Crippen molar-refractivity contribution in [2.75, 3.05) is 6.79 Å². The number of hydrogen-bond donors (Lipinski definition) is 0. The maximum absolute atomic E-state index is 12.1. The Morgan fingerprint density at radius 1 is 1.22 bits per heavy atom. The number of carbonyl (C=O) groups is 1. The first kappa shape index (κ1) is 15.1. The molecule has 0 aromatic heterocycles. The molecule has 0 N–H and O–H groups in total. The van der Waals surface area contributed by atoms with Crippen LogP contribution >= 0.6 is 11.6 Å². The number of benzene rings is 2. The van der Waals surface area contributed by atoms with Crippen LogP contribution in [-0.2, 0) is 11.3 Å². The van der Waals surface area contributed by atoms with Crippen molar-refractivity contribution in [1.29, 1.82) is 0 Å². The summed E-state index contributed by atoms with van der Waals surface area (Å²) in [6.45, 7) is 0.0897. The van der Waals surface area contributed by atoms with Gasteiger partial charge in [0.1, 0.15) is 12.2 Å². The number of fused-ring (bicyclic) bond motifs is 1. The van der Waals surface area contributed by atoms with E-state index in [2.05, 4.69) is 0 Å². The van der Waals surface area contributed by atoms with Gasteiger partial charge in [0.2, 0.25) is 6.79 Å². The fraction of sp³-hybridized carbons (Fsp3) is 0.133. The van der Waals surface area contributed by atoms with Crippen molar-refractivity contribution in [2.45, 2.75) is 6.61 Å². The summed E-state index contributed by atoms with van der Waals surface area (Å²) in [4.78, 5) is 22.4. The van der Waals surface area contributed by atoms with Crippen LogP contribution in [0.4, 0.5) is 5.69 Å². The van der Waals surface area contributed by atoms with E-state index >= 15 is 0 Å². The van der Waals surface area contributed by atoms with Gasteiger partial charge < -0.3 is 14.2 Å². The Morgan fingerprint density at radius 2 is 2.00 bits per heavy atom. The SMILES string of the molecule is O=C(OCc1ccc2c(c1)OCO2)c1cc(Cl)ccc1[N+](=O)[O-]. The van der Waals surface area contributed by atoms with Gasteiger partial charge in [0.05, 0.1) is 4.92 Å². The van der Waals surface area contributed by atoms with Crippen molar-refractivity contribution in [3.05, 3.63) is 62.7 Å². The first-order chi connectivity index (χ1) is 11.0. The molecule has 0 saturated carbocycles. The molecular weight excluding hydrogens is 326 g/mol. The molecule has 1 aliphatic heterocycles. The Labute approximate surface area is 135 Å². The summed E-state index contributed by atoms with van der Waals surface area (Å²) < 4.78 is 15.5. The molecule has 0 saturated heterocycles. The molecule has 3 rings (SSSR count). The fourth-order valence-corrected chi connectivity index (χ4v) is 2.26. The van der Waals surface area contributed by atoms with Crippen LogP contribution in [0, 0.1) is 10.1 Å². The number of nitrogens with zero attached hydrogens (tertiary/aromatic N) is 1. The summed E-state index contributed by atoms with van der Waals surface area (Å²) in [6, 6.07) is 8.82. The molecule has 2 aromatic rings. The van der Waals surface area contributed by atoms with Crippen LogP contribution < -0.4 is 9.47 Å². The van der Waals surface area contributed by atoms with E-state index in [0.717, 1.165) is 0 Å². The van der Waals surface area contributed by atoms with Crippen molar-refractivity contribution in [3.8, 4) is 11.5 Å². The Bertz CT molecular complexity index is 792. The van der Waals surface area contributed by atoms with Crippen LogP contribution in [0.1, 0.15) is 15.9 Å². The van der Waals surface area contributed by atoms with Crippen molar-refractivity contribution in [2.24, 2.45) is 0 Å². The van der Waals surface area contributed by atoms with Crippen molar-refractivity contribution in [3.63, 3.8) is 0 Å². The average molecular weight is 336 g/mol. The lowest BCUT2D eigenvalue weighted by Gasteiger charge is -2.07. The third kappa shape index (κ3) is 3.19. The maximum atomic E-state index is 12.1. The molecule has 0 fully saturated rings. The summed E-state index contributed by atoms with van der Waals surface area (Å²) in [5, 5.41) is 11.2. The maximum Gasteiger partial charge on any atom is 0.345 e. The van der Waals surface area contributed by atoms with E-state index in [1.54, 1.807) is 18.2 Å². The molecule has 2 aromatic carbocycles. The molecule has 118 valence electrons. The molecule has 7 nitrogen and oxygen atoms in total.